The van der Waals surface area contributed by atoms with Crippen molar-refractivity contribution < 1.29 is 17.6 Å². The fourth-order valence-corrected chi connectivity index (χ4v) is 4.79. The van der Waals surface area contributed by atoms with Crippen LogP contribution in [0.5, 0.6) is 0 Å². The summed E-state index contributed by atoms with van der Waals surface area (Å²) < 4.78 is 55.1. The van der Waals surface area contributed by atoms with E-state index in [1.165, 1.54) is 56.4 Å². The van der Waals surface area contributed by atoms with E-state index in [1.807, 2.05) is 12.3 Å². The number of alkyl halides is 3. The van der Waals surface area contributed by atoms with Crippen molar-refractivity contribution in [3.63, 3.8) is 0 Å². The van der Waals surface area contributed by atoms with Crippen molar-refractivity contribution in [1.29, 1.82) is 0 Å². The van der Waals surface area contributed by atoms with E-state index in [1.54, 1.807) is 18.2 Å². The molecule has 0 bridgehead atoms. The lowest BCUT2D eigenvalue weighted by Crippen LogP contribution is -2.31. The smallest absolute Gasteiger partial charge is 0.346 e. The molecule has 0 saturated heterocycles. The summed E-state index contributed by atoms with van der Waals surface area (Å²) in [4.78, 5) is 2.28. The summed E-state index contributed by atoms with van der Waals surface area (Å²) in [6.07, 6.45) is 3.73. The van der Waals surface area contributed by atoms with Gasteiger partial charge < -0.3 is 4.57 Å². The Hall–Kier alpha value is -2.60. The number of rotatable bonds is 8. The summed E-state index contributed by atoms with van der Waals surface area (Å²) in [5.41, 5.74) is 2.18. The van der Waals surface area contributed by atoms with Gasteiger partial charge in [0.2, 0.25) is 0 Å². The molecule has 2 nitrogen and oxygen atoms in total. The second-order valence-electron chi connectivity index (χ2n) is 9.13. The topological polar surface area (TPSA) is 8.17 Å². The van der Waals surface area contributed by atoms with Gasteiger partial charge in [-0.3, -0.25) is 4.90 Å². The molecule has 4 rings (SSSR count). The van der Waals surface area contributed by atoms with Gasteiger partial charge in [-0.05, 0) is 60.2 Å². The first-order chi connectivity index (χ1) is 15.9. The number of halogens is 4. The van der Waals surface area contributed by atoms with Crippen LogP contribution >= 0.6 is 0 Å². The molecule has 6 heteroatoms. The maximum absolute atomic E-state index is 13.3. The fourth-order valence-electron chi connectivity index (χ4n) is 4.79. The second kappa shape index (κ2) is 10.6. The maximum atomic E-state index is 13.3. The monoisotopic (exact) mass is 458 g/mol. The molecule has 2 aromatic carbocycles. The van der Waals surface area contributed by atoms with Crippen molar-refractivity contribution in [1.82, 2.24) is 9.47 Å². The van der Waals surface area contributed by atoms with Crippen molar-refractivity contribution in [2.45, 2.75) is 57.9 Å². The molecule has 1 fully saturated rings. The molecule has 0 radical (unpaired) electrons. The van der Waals surface area contributed by atoms with E-state index in [0.29, 0.717) is 31.1 Å². The van der Waals surface area contributed by atoms with Gasteiger partial charge in [0.05, 0.1) is 5.56 Å². The van der Waals surface area contributed by atoms with Crippen molar-refractivity contribution in [2.75, 3.05) is 6.54 Å². The van der Waals surface area contributed by atoms with Gasteiger partial charge in [0.15, 0.2) is 0 Å². The van der Waals surface area contributed by atoms with Crippen LogP contribution in [-0.2, 0) is 25.8 Å². The minimum Gasteiger partial charge on any atom is -0.346 e. The molecular weight excluding hydrogens is 428 g/mol. The second-order valence-corrected chi connectivity index (χ2v) is 9.13. The predicted molar refractivity (Wildman–Crippen MR) is 122 cm³/mol. The van der Waals surface area contributed by atoms with E-state index in [-0.39, 0.29) is 5.82 Å². The summed E-state index contributed by atoms with van der Waals surface area (Å²) in [6.45, 7) is 2.63. The van der Waals surface area contributed by atoms with E-state index in [4.69, 9.17) is 0 Å². The molecule has 33 heavy (non-hydrogen) atoms. The Morgan fingerprint density at radius 2 is 1.61 bits per heavy atom. The van der Waals surface area contributed by atoms with Gasteiger partial charge in [0.25, 0.3) is 0 Å². The van der Waals surface area contributed by atoms with Crippen LogP contribution in [0.4, 0.5) is 17.6 Å². The maximum Gasteiger partial charge on any atom is 0.416 e. The highest BCUT2D eigenvalue weighted by molar-refractivity contribution is 5.26. The summed E-state index contributed by atoms with van der Waals surface area (Å²) in [6, 6.07) is 16.2. The lowest BCUT2D eigenvalue weighted by molar-refractivity contribution is -0.137. The summed E-state index contributed by atoms with van der Waals surface area (Å²) in [7, 11) is 0. The van der Waals surface area contributed by atoms with Crippen LogP contribution in [0.15, 0.2) is 66.9 Å². The van der Waals surface area contributed by atoms with Gasteiger partial charge in [-0.25, -0.2) is 4.39 Å². The minimum atomic E-state index is -4.34. The van der Waals surface area contributed by atoms with Crippen molar-refractivity contribution in [3.8, 4) is 0 Å². The molecule has 1 aromatic heterocycles. The molecule has 176 valence electrons. The third kappa shape index (κ3) is 6.70. The molecule has 1 saturated carbocycles. The van der Waals surface area contributed by atoms with Gasteiger partial charge in [0, 0.05) is 38.1 Å². The summed E-state index contributed by atoms with van der Waals surface area (Å²) >= 11 is 0. The predicted octanol–water partition coefficient (Wildman–Crippen LogP) is 7.28. The molecule has 3 aromatic rings. The lowest BCUT2D eigenvalue weighted by Gasteiger charge is -2.30. The average molecular weight is 459 g/mol. The Bertz CT molecular complexity index is 1020. The van der Waals surface area contributed by atoms with Crippen LogP contribution < -0.4 is 0 Å². The van der Waals surface area contributed by atoms with Crippen LogP contribution in [0.25, 0.3) is 0 Å². The van der Waals surface area contributed by atoms with Crippen LogP contribution in [0.3, 0.4) is 0 Å². The molecule has 0 atom stereocenters. The summed E-state index contributed by atoms with van der Waals surface area (Å²) in [5, 5.41) is 0. The quantitative estimate of drug-likeness (QED) is 0.322. The van der Waals surface area contributed by atoms with Crippen LogP contribution in [-0.4, -0.2) is 16.0 Å². The van der Waals surface area contributed by atoms with Gasteiger partial charge in [0.1, 0.15) is 5.82 Å². The highest BCUT2D eigenvalue weighted by atomic mass is 19.4. The fraction of sp³-hybridized carbons (Fsp3) is 0.407. The number of benzene rings is 2. The molecule has 0 N–H and O–H groups in total. The normalized spacial score (nSPS) is 15.3. The van der Waals surface area contributed by atoms with E-state index in [9.17, 15) is 17.6 Å². The van der Waals surface area contributed by atoms with Crippen LogP contribution in [0, 0.1) is 11.7 Å². The average Bonchev–Trinajstić information content (AvgIpc) is 3.22. The zero-order valence-corrected chi connectivity index (χ0v) is 18.7. The van der Waals surface area contributed by atoms with E-state index >= 15 is 0 Å². The number of nitrogens with zero attached hydrogens (tertiary/aromatic N) is 2. The zero-order valence-electron chi connectivity index (χ0n) is 18.7. The van der Waals surface area contributed by atoms with Crippen molar-refractivity contribution in [2.24, 2.45) is 5.92 Å². The van der Waals surface area contributed by atoms with E-state index in [2.05, 4.69) is 15.5 Å². The Morgan fingerprint density at radius 1 is 0.848 bits per heavy atom. The minimum absolute atomic E-state index is 0.258. The molecule has 0 aliphatic heterocycles. The van der Waals surface area contributed by atoms with Crippen molar-refractivity contribution in [3.05, 3.63) is 95.1 Å². The van der Waals surface area contributed by atoms with Crippen LogP contribution in [0.1, 0.15) is 54.5 Å². The SMILES string of the molecule is Fc1ccc(Cn2cccc2CN(Cc2cccc(C(F)(F)F)c2)CC2CCCCC2)cc1. The highest BCUT2D eigenvalue weighted by Crippen LogP contribution is 2.30. The third-order valence-electron chi connectivity index (χ3n) is 6.48. The molecule has 0 amide bonds. The molecule has 0 unspecified atom stereocenters. The van der Waals surface area contributed by atoms with E-state index in [0.717, 1.165) is 23.9 Å². The molecule has 0 spiro atoms. The lowest BCUT2D eigenvalue weighted by atomic mass is 9.89. The molecule has 1 heterocycles. The molecule has 1 aliphatic rings. The Morgan fingerprint density at radius 3 is 2.33 bits per heavy atom. The van der Waals surface area contributed by atoms with E-state index < -0.39 is 11.7 Å². The van der Waals surface area contributed by atoms with Gasteiger partial charge in [-0.1, -0.05) is 49.6 Å². The first-order valence-electron chi connectivity index (χ1n) is 11.6. The zero-order chi connectivity index (χ0) is 23.3. The highest BCUT2D eigenvalue weighted by Gasteiger charge is 2.30. The first-order valence-corrected chi connectivity index (χ1v) is 11.6. The van der Waals surface area contributed by atoms with Crippen LogP contribution in [0.2, 0.25) is 0 Å². The third-order valence-corrected chi connectivity index (χ3v) is 6.48. The largest absolute Gasteiger partial charge is 0.416 e. The number of hydrogen-bond acceptors (Lipinski definition) is 1. The van der Waals surface area contributed by atoms with Gasteiger partial charge in [-0.15, -0.1) is 0 Å². The Kier molecular flexibility index (Phi) is 7.53. The Balaban J connectivity index is 1.52. The summed E-state index contributed by atoms with van der Waals surface area (Å²) in [5.74, 6) is 0.316. The van der Waals surface area contributed by atoms with Crippen molar-refractivity contribution >= 4 is 0 Å². The molecular formula is C27H30F4N2. The standard InChI is InChI=1S/C27H30F4N2/c28-25-13-11-22(12-14-25)19-33-15-5-10-26(33)20-32(17-21-6-2-1-3-7-21)18-23-8-4-9-24(16-23)27(29,30)31/h4-5,8-16,21H,1-3,6-7,17-20H2. The molecule has 1 aliphatic carbocycles. The number of aromatic nitrogens is 1. The van der Waals surface area contributed by atoms with Gasteiger partial charge >= 0.3 is 6.18 Å². The first kappa shape index (κ1) is 23.6. The Labute approximate surface area is 192 Å². The number of hydrogen-bond donors (Lipinski definition) is 0. The van der Waals surface area contributed by atoms with Gasteiger partial charge in [-0.2, -0.15) is 13.2 Å².